The fourth-order valence-electron chi connectivity index (χ4n) is 1.63. The van der Waals surface area contributed by atoms with E-state index < -0.39 is 29.7 Å². The Labute approximate surface area is 118 Å². The number of aliphatic carboxylic acids is 1. The molecule has 1 atom stereocenters. The van der Waals surface area contributed by atoms with E-state index in [1.165, 1.54) is 19.2 Å². The van der Waals surface area contributed by atoms with Gasteiger partial charge in [-0.15, -0.1) is 0 Å². The second-order valence-electron chi connectivity index (χ2n) is 4.29. The molecule has 0 aromatic heterocycles. The maximum atomic E-state index is 12.4. The monoisotopic (exact) mass is 305 g/mol. The van der Waals surface area contributed by atoms with E-state index in [0.717, 1.165) is 12.1 Å². The maximum absolute atomic E-state index is 12.4. The van der Waals surface area contributed by atoms with Gasteiger partial charge < -0.3 is 15.2 Å². The molecule has 5 nitrogen and oxygen atoms in total. The normalized spacial score (nSPS) is 12.8. The van der Waals surface area contributed by atoms with Gasteiger partial charge in [0.05, 0.1) is 5.56 Å². The van der Waals surface area contributed by atoms with Crippen molar-refractivity contribution in [1.82, 2.24) is 5.32 Å². The molecule has 0 aliphatic rings. The Balaban J connectivity index is 2.76. The summed E-state index contributed by atoms with van der Waals surface area (Å²) >= 11 is 0. The van der Waals surface area contributed by atoms with Crippen LogP contribution in [0.15, 0.2) is 24.3 Å². The zero-order valence-electron chi connectivity index (χ0n) is 11.1. The zero-order valence-corrected chi connectivity index (χ0v) is 11.1. The number of alkyl halides is 3. The van der Waals surface area contributed by atoms with E-state index in [9.17, 15) is 22.8 Å². The van der Waals surface area contributed by atoms with Crippen LogP contribution in [0.2, 0.25) is 0 Å². The number of carboxylic acid groups (broad SMARTS) is 1. The predicted molar refractivity (Wildman–Crippen MR) is 66.6 cm³/mol. The molecule has 1 rings (SSSR count). The van der Waals surface area contributed by atoms with Crippen molar-refractivity contribution in [3.05, 3.63) is 35.4 Å². The number of rotatable bonds is 6. The third-order valence-corrected chi connectivity index (χ3v) is 2.63. The number of carbonyl (C=O) groups is 2. The second-order valence-corrected chi connectivity index (χ2v) is 4.29. The quantitative estimate of drug-likeness (QED) is 0.834. The van der Waals surface area contributed by atoms with Crippen LogP contribution in [-0.2, 0) is 26.9 Å². The Bertz CT molecular complexity index is 499. The SMILES string of the molecule is COCC(=O)N[C@@H](Cc1ccc(C(F)(F)F)cc1)C(=O)O. The molecule has 1 aromatic rings. The van der Waals surface area contributed by atoms with Gasteiger partial charge in [-0.25, -0.2) is 4.79 Å². The van der Waals surface area contributed by atoms with Gasteiger partial charge in [0.1, 0.15) is 12.6 Å². The van der Waals surface area contributed by atoms with Crippen LogP contribution in [0.25, 0.3) is 0 Å². The summed E-state index contributed by atoms with van der Waals surface area (Å²) in [7, 11) is 1.28. The van der Waals surface area contributed by atoms with Crippen LogP contribution in [0.5, 0.6) is 0 Å². The molecule has 0 heterocycles. The lowest BCUT2D eigenvalue weighted by Crippen LogP contribution is -2.43. The third-order valence-electron chi connectivity index (χ3n) is 2.63. The van der Waals surface area contributed by atoms with Gasteiger partial charge in [0.25, 0.3) is 0 Å². The molecule has 1 amide bonds. The van der Waals surface area contributed by atoms with E-state index in [1.807, 2.05) is 0 Å². The minimum absolute atomic E-state index is 0.122. The average Bonchev–Trinajstić information content (AvgIpc) is 2.37. The Morgan fingerprint density at radius 1 is 1.29 bits per heavy atom. The van der Waals surface area contributed by atoms with Crippen LogP contribution in [0.3, 0.4) is 0 Å². The molecule has 0 bridgehead atoms. The Hall–Kier alpha value is -2.09. The fraction of sp³-hybridized carbons (Fsp3) is 0.385. The van der Waals surface area contributed by atoms with Gasteiger partial charge in [-0.2, -0.15) is 13.2 Å². The van der Waals surface area contributed by atoms with E-state index >= 15 is 0 Å². The van der Waals surface area contributed by atoms with Crippen LogP contribution < -0.4 is 5.32 Å². The summed E-state index contributed by atoms with van der Waals surface area (Å²) < 4.78 is 41.8. The molecule has 0 radical (unpaired) electrons. The molecule has 0 aliphatic heterocycles. The number of amides is 1. The summed E-state index contributed by atoms with van der Waals surface area (Å²) in [4.78, 5) is 22.3. The van der Waals surface area contributed by atoms with E-state index in [-0.39, 0.29) is 13.0 Å². The molecule has 1 aromatic carbocycles. The van der Waals surface area contributed by atoms with Crippen molar-refractivity contribution in [2.45, 2.75) is 18.6 Å². The van der Waals surface area contributed by atoms with Crippen LogP contribution in [0.1, 0.15) is 11.1 Å². The molecule has 0 fully saturated rings. The Morgan fingerprint density at radius 3 is 2.29 bits per heavy atom. The van der Waals surface area contributed by atoms with Gasteiger partial charge in [-0.3, -0.25) is 4.79 Å². The molecule has 0 spiro atoms. The van der Waals surface area contributed by atoms with Crippen molar-refractivity contribution in [3.63, 3.8) is 0 Å². The summed E-state index contributed by atoms with van der Waals surface area (Å²) in [5.41, 5.74) is -0.449. The molecule has 0 aliphatic carbocycles. The van der Waals surface area contributed by atoms with Crippen LogP contribution in [0, 0.1) is 0 Å². The lowest BCUT2D eigenvalue weighted by atomic mass is 10.0. The highest BCUT2D eigenvalue weighted by Crippen LogP contribution is 2.29. The molecule has 0 saturated heterocycles. The maximum Gasteiger partial charge on any atom is 0.416 e. The smallest absolute Gasteiger partial charge is 0.416 e. The van der Waals surface area contributed by atoms with Crippen LogP contribution in [-0.4, -0.2) is 36.7 Å². The molecule has 0 saturated carbocycles. The van der Waals surface area contributed by atoms with Gasteiger partial charge in [0.2, 0.25) is 5.91 Å². The van der Waals surface area contributed by atoms with Crippen LogP contribution in [0.4, 0.5) is 13.2 Å². The standard InChI is InChI=1S/C13H14F3NO4/c1-21-7-11(18)17-10(12(19)20)6-8-2-4-9(5-3-8)13(14,15)16/h2-5,10H,6-7H2,1H3,(H,17,18)(H,19,20)/t10-/m0/s1. The van der Waals surface area contributed by atoms with Crippen molar-refractivity contribution in [1.29, 1.82) is 0 Å². The number of halogens is 3. The van der Waals surface area contributed by atoms with E-state index in [1.54, 1.807) is 0 Å². The van der Waals surface area contributed by atoms with Gasteiger partial charge in [-0.1, -0.05) is 12.1 Å². The highest BCUT2D eigenvalue weighted by atomic mass is 19.4. The molecule has 116 valence electrons. The summed E-state index contributed by atoms with van der Waals surface area (Å²) in [6.45, 7) is -0.295. The van der Waals surface area contributed by atoms with E-state index in [2.05, 4.69) is 10.1 Å². The number of hydrogen-bond donors (Lipinski definition) is 2. The molecule has 0 unspecified atom stereocenters. The summed E-state index contributed by atoms with van der Waals surface area (Å²) in [6, 6.07) is 2.86. The number of hydrogen-bond acceptors (Lipinski definition) is 3. The van der Waals surface area contributed by atoms with Crippen LogP contribution >= 0.6 is 0 Å². The lowest BCUT2D eigenvalue weighted by molar-refractivity contribution is -0.142. The van der Waals surface area contributed by atoms with Crippen molar-refractivity contribution in [2.75, 3.05) is 13.7 Å². The van der Waals surface area contributed by atoms with Gasteiger partial charge in [-0.05, 0) is 17.7 Å². The summed E-state index contributed by atoms with van der Waals surface area (Å²) in [5.74, 6) is -1.89. The Kier molecular flexibility index (Phi) is 5.71. The average molecular weight is 305 g/mol. The highest BCUT2D eigenvalue weighted by Gasteiger charge is 2.30. The number of ether oxygens (including phenoxy) is 1. The van der Waals surface area contributed by atoms with Crippen molar-refractivity contribution in [3.8, 4) is 0 Å². The second kappa shape index (κ2) is 7.07. The van der Waals surface area contributed by atoms with Crippen molar-refractivity contribution < 1.29 is 32.6 Å². The summed E-state index contributed by atoms with van der Waals surface area (Å²) in [5, 5.41) is 11.2. The number of carbonyl (C=O) groups excluding carboxylic acids is 1. The van der Waals surface area contributed by atoms with Gasteiger partial charge >= 0.3 is 12.1 Å². The van der Waals surface area contributed by atoms with Crippen molar-refractivity contribution >= 4 is 11.9 Å². The number of nitrogens with one attached hydrogen (secondary N) is 1. The van der Waals surface area contributed by atoms with Crippen molar-refractivity contribution in [2.24, 2.45) is 0 Å². The zero-order chi connectivity index (χ0) is 16.0. The third kappa shape index (κ3) is 5.42. The number of methoxy groups -OCH3 is 1. The molecule has 8 heteroatoms. The molecule has 2 N–H and O–H groups in total. The van der Waals surface area contributed by atoms with Gasteiger partial charge in [0.15, 0.2) is 0 Å². The highest BCUT2D eigenvalue weighted by molar-refractivity contribution is 5.84. The minimum Gasteiger partial charge on any atom is -0.480 e. The fourth-order valence-corrected chi connectivity index (χ4v) is 1.63. The van der Waals surface area contributed by atoms with E-state index in [0.29, 0.717) is 5.56 Å². The largest absolute Gasteiger partial charge is 0.480 e. The molecular weight excluding hydrogens is 291 g/mol. The lowest BCUT2D eigenvalue weighted by Gasteiger charge is -2.15. The first kappa shape index (κ1) is 17.0. The van der Waals surface area contributed by atoms with E-state index in [4.69, 9.17) is 5.11 Å². The topological polar surface area (TPSA) is 75.6 Å². The molecular formula is C13H14F3NO4. The first-order valence-electron chi connectivity index (χ1n) is 5.91. The van der Waals surface area contributed by atoms with Gasteiger partial charge in [0, 0.05) is 13.5 Å². The first-order valence-corrected chi connectivity index (χ1v) is 5.91. The first-order chi connectivity index (χ1) is 9.74. The number of benzene rings is 1. The molecule has 21 heavy (non-hydrogen) atoms. The summed E-state index contributed by atoms with van der Waals surface area (Å²) in [6.07, 6.45) is -4.57. The predicted octanol–water partition coefficient (Wildman–Crippen LogP) is 1.46. The minimum atomic E-state index is -4.45. The Morgan fingerprint density at radius 2 is 1.86 bits per heavy atom. The number of carboxylic acids is 1.